The van der Waals surface area contributed by atoms with E-state index in [9.17, 15) is 8.42 Å². The summed E-state index contributed by atoms with van der Waals surface area (Å²) in [5.74, 6) is 0.124. The third kappa shape index (κ3) is 3.16. The maximum Gasteiger partial charge on any atom is 0.211 e. The first-order valence-corrected chi connectivity index (χ1v) is 8.13. The third-order valence-corrected chi connectivity index (χ3v) is 4.76. The van der Waals surface area contributed by atoms with Crippen LogP contribution in [-0.4, -0.2) is 25.7 Å². The maximum absolute atomic E-state index is 11.4. The second kappa shape index (κ2) is 5.35. The standard InChI is InChI=1S/C14H20N2O2S/c1-4-19(17,18)15-8-7-12-11(3)16-14-6-5-10(2)9-13(12)14/h5-6,9,15-16H,4,7-8H2,1-3H3. The van der Waals surface area contributed by atoms with Gasteiger partial charge in [0.25, 0.3) is 0 Å². The molecular weight excluding hydrogens is 260 g/mol. The topological polar surface area (TPSA) is 62.0 Å². The fraction of sp³-hybridized carbons (Fsp3) is 0.429. The quantitative estimate of drug-likeness (QED) is 0.882. The molecule has 5 heteroatoms. The minimum absolute atomic E-state index is 0.124. The summed E-state index contributed by atoms with van der Waals surface area (Å²) >= 11 is 0. The molecule has 2 aromatic rings. The summed E-state index contributed by atoms with van der Waals surface area (Å²) in [7, 11) is -3.11. The highest BCUT2D eigenvalue weighted by atomic mass is 32.2. The number of aryl methyl sites for hydroxylation is 2. The lowest BCUT2D eigenvalue weighted by Gasteiger charge is -2.05. The van der Waals surface area contributed by atoms with Crippen LogP contribution in [0.2, 0.25) is 0 Å². The predicted molar refractivity (Wildman–Crippen MR) is 78.9 cm³/mol. The Morgan fingerprint density at radius 3 is 2.68 bits per heavy atom. The van der Waals surface area contributed by atoms with E-state index in [1.54, 1.807) is 6.92 Å². The van der Waals surface area contributed by atoms with Crippen molar-refractivity contribution in [3.8, 4) is 0 Å². The van der Waals surface area contributed by atoms with E-state index in [0.29, 0.717) is 13.0 Å². The zero-order valence-corrected chi connectivity index (χ0v) is 12.4. The number of nitrogens with one attached hydrogen (secondary N) is 2. The molecule has 0 aliphatic heterocycles. The first-order valence-electron chi connectivity index (χ1n) is 6.48. The molecule has 1 aromatic heterocycles. The highest BCUT2D eigenvalue weighted by Gasteiger charge is 2.10. The molecule has 0 bridgehead atoms. The zero-order valence-electron chi connectivity index (χ0n) is 11.6. The molecule has 0 saturated carbocycles. The number of sulfonamides is 1. The first-order chi connectivity index (χ1) is 8.93. The molecule has 2 N–H and O–H groups in total. The number of benzene rings is 1. The smallest absolute Gasteiger partial charge is 0.211 e. The highest BCUT2D eigenvalue weighted by Crippen LogP contribution is 2.23. The average molecular weight is 280 g/mol. The Labute approximate surface area is 114 Å². The van der Waals surface area contributed by atoms with Crippen LogP contribution < -0.4 is 4.72 Å². The van der Waals surface area contributed by atoms with Gasteiger partial charge in [0.1, 0.15) is 0 Å². The summed E-state index contributed by atoms with van der Waals surface area (Å²) in [4.78, 5) is 3.34. The summed E-state index contributed by atoms with van der Waals surface area (Å²) in [6, 6.07) is 6.28. The Morgan fingerprint density at radius 1 is 1.26 bits per heavy atom. The highest BCUT2D eigenvalue weighted by molar-refractivity contribution is 7.89. The van der Waals surface area contributed by atoms with Gasteiger partial charge in [0.05, 0.1) is 5.75 Å². The molecule has 1 aromatic carbocycles. The van der Waals surface area contributed by atoms with Gasteiger partial charge in [-0.15, -0.1) is 0 Å². The summed E-state index contributed by atoms with van der Waals surface area (Å²) < 4.78 is 25.4. The number of aromatic nitrogens is 1. The van der Waals surface area contributed by atoms with Crippen molar-refractivity contribution < 1.29 is 8.42 Å². The molecule has 0 radical (unpaired) electrons. The van der Waals surface area contributed by atoms with Gasteiger partial charge in [-0.1, -0.05) is 11.6 Å². The normalized spacial score (nSPS) is 12.2. The van der Waals surface area contributed by atoms with Gasteiger partial charge in [-0.25, -0.2) is 13.1 Å². The monoisotopic (exact) mass is 280 g/mol. The Bertz CT molecular complexity index is 687. The first kappa shape index (κ1) is 14.1. The van der Waals surface area contributed by atoms with E-state index in [4.69, 9.17) is 0 Å². The van der Waals surface area contributed by atoms with E-state index < -0.39 is 10.0 Å². The Balaban J connectivity index is 2.21. The van der Waals surface area contributed by atoms with Crippen molar-refractivity contribution in [2.24, 2.45) is 0 Å². The molecule has 2 rings (SSSR count). The predicted octanol–water partition coefficient (Wildman–Crippen LogP) is 2.27. The second-order valence-corrected chi connectivity index (χ2v) is 6.92. The Morgan fingerprint density at radius 2 is 2.00 bits per heavy atom. The van der Waals surface area contributed by atoms with Crippen molar-refractivity contribution in [3.05, 3.63) is 35.0 Å². The molecule has 0 unspecified atom stereocenters. The molecule has 104 valence electrons. The van der Waals surface area contributed by atoms with Gasteiger partial charge in [0.2, 0.25) is 10.0 Å². The van der Waals surface area contributed by atoms with Gasteiger partial charge in [-0.05, 0) is 44.9 Å². The number of hydrogen-bond donors (Lipinski definition) is 2. The van der Waals surface area contributed by atoms with E-state index in [2.05, 4.69) is 34.8 Å². The van der Waals surface area contributed by atoms with Crippen LogP contribution in [0.4, 0.5) is 0 Å². The maximum atomic E-state index is 11.4. The number of rotatable bonds is 5. The van der Waals surface area contributed by atoms with Gasteiger partial charge in [-0.3, -0.25) is 0 Å². The van der Waals surface area contributed by atoms with Crippen LogP contribution in [0.15, 0.2) is 18.2 Å². The number of hydrogen-bond acceptors (Lipinski definition) is 2. The second-order valence-electron chi connectivity index (χ2n) is 4.83. The molecule has 0 atom stereocenters. The van der Waals surface area contributed by atoms with E-state index in [1.165, 1.54) is 16.5 Å². The number of fused-ring (bicyclic) bond motifs is 1. The Hall–Kier alpha value is -1.33. The lowest BCUT2D eigenvalue weighted by molar-refractivity contribution is 0.583. The molecule has 1 heterocycles. The SMILES string of the molecule is CCS(=O)(=O)NCCc1c(C)[nH]c2ccc(C)cc12. The summed E-state index contributed by atoms with van der Waals surface area (Å²) in [5.41, 5.74) is 4.62. The fourth-order valence-corrected chi connectivity index (χ4v) is 2.87. The van der Waals surface area contributed by atoms with Crippen LogP contribution in [0.25, 0.3) is 10.9 Å². The summed E-state index contributed by atoms with van der Waals surface area (Å²) in [6.45, 7) is 6.17. The minimum atomic E-state index is -3.11. The third-order valence-electron chi connectivity index (χ3n) is 3.35. The minimum Gasteiger partial charge on any atom is -0.358 e. The van der Waals surface area contributed by atoms with Crippen molar-refractivity contribution >= 4 is 20.9 Å². The van der Waals surface area contributed by atoms with Crippen molar-refractivity contribution in [1.29, 1.82) is 0 Å². The van der Waals surface area contributed by atoms with E-state index in [0.717, 1.165) is 11.2 Å². The van der Waals surface area contributed by atoms with Crippen LogP contribution in [0.1, 0.15) is 23.7 Å². The van der Waals surface area contributed by atoms with E-state index in [1.807, 2.05) is 6.92 Å². The van der Waals surface area contributed by atoms with Crippen LogP contribution in [0.3, 0.4) is 0 Å². The molecule has 19 heavy (non-hydrogen) atoms. The van der Waals surface area contributed by atoms with Crippen LogP contribution in [0, 0.1) is 13.8 Å². The summed E-state index contributed by atoms with van der Waals surface area (Å²) in [5, 5.41) is 1.19. The fourth-order valence-electron chi connectivity index (χ4n) is 2.25. The molecule has 0 amide bonds. The van der Waals surface area contributed by atoms with E-state index in [-0.39, 0.29) is 5.75 Å². The van der Waals surface area contributed by atoms with Gasteiger partial charge in [0.15, 0.2) is 0 Å². The van der Waals surface area contributed by atoms with Crippen LogP contribution in [-0.2, 0) is 16.4 Å². The van der Waals surface area contributed by atoms with Crippen LogP contribution in [0.5, 0.6) is 0 Å². The molecular formula is C14H20N2O2S. The van der Waals surface area contributed by atoms with Gasteiger partial charge in [0, 0.05) is 23.1 Å². The van der Waals surface area contributed by atoms with Crippen LogP contribution >= 0.6 is 0 Å². The van der Waals surface area contributed by atoms with Crippen molar-refractivity contribution in [3.63, 3.8) is 0 Å². The average Bonchev–Trinajstić information content (AvgIpc) is 2.66. The molecule has 0 fully saturated rings. The van der Waals surface area contributed by atoms with Gasteiger partial charge in [-0.2, -0.15) is 0 Å². The van der Waals surface area contributed by atoms with E-state index >= 15 is 0 Å². The lowest BCUT2D eigenvalue weighted by Crippen LogP contribution is -2.27. The summed E-state index contributed by atoms with van der Waals surface area (Å²) in [6.07, 6.45) is 0.703. The molecule has 4 nitrogen and oxygen atoms in total. The van der Waals surface area contributed by atoms with Crippen molar-refractivity contribution in [2.45, 2.75) is 27.2 Å². The molecule has 0 saturated heterocycles. The molecule has 0 aliphatic carbocycles. The Kier molecular flexibility index (Phi) is 3.96. The molecule has 0 spiro atoms. The lowest BCUT2D eigenvalue weighted by atomic mass is 10.1. The molecule has 0 aliphatic rings. The van der Waals surface area contributed by atoms with Gasteiger partial charge >= 0.3 is 0 Å². The largest absolute Gasteiger partial charge is 0.358 e. The van der Waals surface area contributed by atoms with Crippen molar-refractivity contribution in [1.82, 2.24) is 9.71 Å². The number of aromatic amines is 1. The zero-order chi connectivity index (χ0) is 14.0. The van der Waals surface area contributed by atoms with Gasteiger partial charge < -0.3 is 4.98 Å². The number of H-pyrrole nitrogens is 1. The van der Waals surface area contributed by atoms with Crippen molar-refractivity contribution in [2.75, 3.05) is 12.3 Å².